The van der Waals surface area contributed by atoms with Gasteiger partial charge in [0.05, 0.1) is 13.0 Å². The number of hydrogen-bond donors (Lipinski definition) is 2. The van der Waals surface area contributed by atoms with Gasteiger partial charge in [-0.3, -0.25) is 4.79 Å². The summed E-state index contributed by atoms with van der Waals surface area (Å²) in [7, 11) is 0. The Morgan fingerprint density at radius 2 is 2.04 bits per heavy atom. The van der Waals surface area contributed by atoms with Crippen LogP contribution in [0, 0.1) is 12.8 Å². The van der Waals surface area contributed by atoms with Gasteiger partial charge in [-0.25, -0.2) is 0 Å². The van der Waals surface area contributed by atoms with Crippen LogP contribution < -0.4 is 10.1 Å². The normalized spacial score (nSPS) is 14.8. The van der Waals surface area contributed by atoms with Crippen molar-refractivity contribution in [3.63, 3.8) is 0 Å². The summed E-state index contributed by atoms with van der Waals surface area (Å²) in [4.78, 5) is 10.4. The molecule has 1 aliphatic rings. The minimum absolute atomic E-state index is 0. The number of rotatable bonds is 12. The number of carbonyl (C=O) groups is 1. The van der Waals surface area contributed by atoms with Crippen LogP contribution in [-0.4, -0.2) is 30.8 Å². The van der Waals surface area contributed by atoms with Crippen LogP contribution in [0.2, 0.25) is 0 Å². The fourth-order valence-corrected chi connectivity index (χ4v) is 3.69. The smallest absolute Gasteiger partial charge is 0.304 e. The van der Waals surface area contributed by atoms with Crippen LogP contribution in [0.3, 0.4) is 0 Å². The number of carboxylic acid groups (broad SMARTS) is 1. The molecule has 0 saturated heterocycles. The van der Waals surface area contributed by atoms with E-state index in [2.05, 4.69) is 30.4 Å². The van der Waals surface area contributed by atoms with Crippen LogP contribution in [-0.2, 0) is 4.79 Å². The Morgan fingerprint density at radius 3 is 2.75 bits per heavy atom. The van der Waals surface area contributed by atoms with Gasteiger partial charge in [0.2, 0.25) is 0 Å². The quantitative estimate of drug-likeness (QED) is 0.439. The van der Waals surface area contributed by atoms with Crippen molar-refractivity contribution in [2.75, 3.05) is 19.7 Å². The Hall–Kier alpha value is -1.52. The second kappa shape index (κ2) is 14.5. The van der Waals surface area contributed by atoms with Gasteiger partial charge in [-0.05, 0) is 48.9 Å². The average molecular weight is 410 g/mol. The highest BCUT2D eigenvalue weighted by Gasteiger charge is 2.12. The van der Waals surface area contributed by atoms with Crippen LogP contribution in [0.1, 0.15) is 68.9 Å². The molecule has 0 amide bonds. The number of benzene rings is 1. The number of aryl methyl sites for hydroxylation is 1. The molecule has 2 rings (SSSR count). The third kappa shape index (κ3) is 10.1. The molecule has 0 aromatic heterocycles. The van der Waals surface area contributed by atoms with Crippen LogP contribution >= 0.6 is 12.4 Å². The Morgan fingerprint density at radius 1 is 1.25 bits per heavy atom. The lowest BCUT2D eigenvalue weighted by Crippen LogP contribution is -2.17. The maximum absolute atomic E-state index is 10.4. The average Bonchev–Trinajstić information content (AvgIpc) is 2.66. The summed E-state index contributed by atoms with van der Waals surface area (Å²) in [5.74, 6) is 1.14. The van der Waals surface area contributed by atoms with Gasteiger partial charge in [-0.2, -0.15) is 0 Å². The minimum Gasteiger partial charge on any atom is -0.494 e. The van der Waals surface area contributed by atoms with Crippen molar-refractivity contribution in [1.29, 1.82) is 0 Å². The van der Waals surface area contributed by atoms with Crippen molar-refractivity contribution in [2.45, 2.75) is 64.7 Å². The molecule has 4 nitrogen and oxygen atoms in total. The largest absolute Gasteiger partial charge is 0.494 e. The summed E-state index contributed by atoms with van der Waals surface area (Å²) in [6, 6.07) is 6.21. The second-order valence-corrected chi connectivity index (χ2v) is 7.62. The third-order valence-electron chi connectivity index (χ3n) is 5.32. The molecule has 5 heteroatoms. The highest BCUT2D eigenvalue weighted by atomic mass is 35.5. The monoisotopic (exact) mass is 409 g/mol. The first-order valence-corrected chi connectivity index (χ1v) is 10.5. The molecule has 0 radical (unpaired) electrons. The first-order chi connectivity index (χ1) is 13.1. The molecular formula is C23H36ClNO3. The molecule has 158 valence electrons. The number of carboxylic acids is 1. The van der Waals surface area contributed by atoms with Crippen molar-refractivity contribution in [1.82, 2.24) is 5.32 Å². The zero-order chi connectivity index (χ0) is 19.3. The molecular weight excluding hydrogens is 374 g/mol. The molecule has 0 spiro atoms. The Kier molecular flexibility index (Phi) is 12.7. The van der Waals surface area contributed by atoms with E-state index in [1.54, 1.807) is 0 Å². The molecule has 2 N–H and O–H groups in total. The molecule has 1 aromatic rings. The van der Waals surface area contributed by atoms with Gasteiger partial charge in [0.1, 0.15) is 5.75 Å². The highest BCUT2D eigenvalue weighted by molar-refractivity contribution is 5.85. The van der Waals surface area contributed by atoms with Gasteiger partial charge in [0.25, 0.3) is 0 Å². The molecule has 1 aliphatic carbocycles. The Balaban J connectivity index is 0.00000392. The summed E-state index contributed by atoms with van der Waals surface area (Å²) in [5, 5.41) is 11.7. The molecule has 1 aromatic carbocycles. The number of halogens is 1. The van der Waals surface area contributed by atoms with E-state index in [1.807, 2.05) is 12.1 Å². The van der Waals surface area contributed by atoms with Gasteiger partial charge < -0.3 is 15.2 Å². The summed E-state index contributed by atoms with van der Waals surface area (Å²) < 4.78 is 5.92. The zero-order valence-corrected chi connectivity index (χ0v) is 17.9. The lowest BCUT2D eigenvalue weighted by atomic mass is 9.86. The first-order valence-electron chi connectivity index (χ1n) is 10.5. The summed E-state index contributed by atoms with van der Waals surface area (Å²) in [6.07, 6.45) is 15.2. The highest BCUT2D eigenvalue weighted by Crippen LogP contribution is 2.27. The number of hydrogen-bond acceptors (Lipinski definition) is 3. The van der Waals surface area contributed by atoms with E-state index in [9.17, 15) is 4.79 Å². The fourth-order valence-electron chi connectivity index (χ4n) is 3.69. The van der Waals surface area contributed by atoms with E-state index in [4.69, 9.17) is 9.84 Å². The summed E-state index contributed by atoms with van der Waals surface area (Å²) in [6.45, 7) is 4.06. The number of unbranched alkanes of at least 4 members (excludes halogenated alkanes) is 1. The van der Waals surface area contributed by atoms with Crippen LogP contribution in [0.15, 0.2) is 24.3 Å². The Labute approximate surface area is 176 Å². The van der Waals surface area contributed by atoms with Crippen molar-refractivity contribution in [3.05, 3.63) is 35.4 Å². The standard InChI is InChI=1S/C23H35NO3.ClH/c1-19-18-22(27-17-6-5-10-20-8-3-2-4-9-20)13-12-21(19)11-7-15-24-16-14-23(25)26;/h7,11-13,18,20,24H,2-6,8-10,14-17H2,1H3,(H,25,26);1H. The second-order valence-electron chi connectivity index (χ2n) is 7.62. The van der Waals surface area contributed by atoms with Gasteiger partial charge in [-0.15, -0.1) is 12.4 Å². The van der Waals surface area contributed by atoms with Crippen molar-refractivity contribution < 1.29 is 14.6 Å². The summed E-state index contributed by atoms with van der Waals surface area (Å²) >= 11 is 0. The maximum atomic E-state index is 10.4. The molecule has 1 saturated carbocycles. The van der Waals surface area contributed by atoms with Gasteiger partial charge in [-0.1, -0.05) is 56.7 Å². The van der Waals surface area contributed by atoms with Gasteiger partial charge in [0.15, 0.2) is 0 Å². The van der Waals surface area contributed by atoms with E-state index in [0.29, 0.717) is 13.1 Å². The van der Waals surface area contributed by atoms with Gasteiger partial charge in [0, 0.05) is 13.1 Å². The van der Waals surface area contributed by atoms with Crippen molar-refractivity contribution in [2.24, 2.45) is 5.92 Å². The number of nitrogens with one attached hydrogen (secondary N) is 1. The molecule has 0 unspecified atom stereocenters. The van der Waals surface area contributed by atoms with Crippen molar-refractivity contribution >= 4 is 24.5 Å². The molecule has 0 aliphatic heterocycles. The van der Waals surface area contributed by atoms with Gasteiger partial charge >= 0.3 is 5.97 Å². The van der Waals surface area contributed by atoms with E-state index in [0.717, 1.165) is 24.7 Å². The van der Waals surface area contributed by atoms with E-state index in [1.165, 1.54) is 56.1 Å². The molecule has 0 bridgehead atoms. The summed E-state index contributed by atoms with van der Waals surface area (Å²) in [5.41, 5.74) is 2.36. The van der Waals surface area contributed by atoms with E-state index < -0.39 is 5.97 Å². The lowest BCUT2D eigenvalue weighted by molar-refractivity contribution is -0.136. The molecule has 0 heterocycles. The minimum atomic E-state index is -0.771. The third-order valence-corrected chi connectivity index (χ3v) is 5.32. The molecule has 1 fully saturated rings. The van der Waals surface area contributed by atoms with Crippen molar-refractivity contribution in [3.8, 4) is 5.75 Å². The molecule has 0 atom stereocenters. The SMILES string of the molecule is Cc1cc(OCCCCC2CCCCC2)ccc1C=CCNCCC(=O)O.Cl. The Bertz CT molecular complexity index is 598. The lowest BCUT2D eigenvalue weighted by Gasteiger charge is -2.21. The predicted molar refractivity (Wildman–Crippen MR) is 119 cm³/mol. The number of ether oxygens (including phenoxy) is 1. The molecule has 28 heavy (non-hydrogen) atoms. The zero-order valence-electron chi connectivity index (χ0n) is 17.1. The topological polar surface area (TPSA) is 58.6 Å². The fraction of sp³-hybridized carbons (Fsp3) is 0.609. The van der Waals surface area contributed by atoms with Crippen LogP contribution in [0.5, 0.6) is 5.75 Å². The van der Waals surface area contributed by atoms with Crippen LogP contribution in [0.4, 0.5) is 0 Å². The number of aliphatic carboxylic acids is 1. The maximum Gasteiger partial charge on any atom is 0.304 e. The van der Waals surface area contributed by atoms with E-state index in [-0.39, 0.29) is 18.8 Å². The predicted octanol–water partition coefficient (Wildman–Crippen LogP) is 5.62. The first kappa shape index (κ1) is 24.5. The van der Waals surface area contributed by atoms with Crippen LogP contribution in [0.25, 0.3) is 6.08 Å². The van der Waals surface area contributed by atoms with E-state index >= 15 is 0 Å².